The van der Waals surface area contributed by atoms with Gasteiger partial charge in [0.1, 0.15) is 11.5 Å². The molecule has 0 aromatic carbocycles. The van der Waals surface area contributed by atoms with Crippen LogP contribution in [0.5, 0.6) is 0 Å². The smallest absolute Gasteiger partial charge is 0.311 e. The van der Waals surface area contributed by atoms with Crippen molar-refractivity contribution in [3.8, 4) is 0 Å². The van der Waals surface area contributed by atoms with Crippen LogP contribution in [0, 0.1) is 0 Å². The number of alkyl halides is 3. The van der Waals surface area contributed by atoms with E-state index >= 15 is 0 Å². The molecule has 10 heteroatoms. The average Bonchev–Trinajstić information content (AvgIpc) is 2.73. The predicted octanol–water partition coefficient (Wildman–Crippen LogP) is 3.76. The number of rotatable bonds is 3. The SMILES string of the molecule is C=C(c1nn(PI)c2cc(NC(C)=O)ncc12)C(F)(F)F. The van der Waals surface area contributed by atoms with E-state index in [4.69, 9.17) is 0 Å². The molecule has 0 spiro atoms. The van der Waals surface area contributed by atoms with Crippen molar-refractivity contribution < 1.29 is 18.0 Å². The number of aromatic nitrogens is 3. The fraction of sp³-hybridized carbons (Fsp3) is 0.182. The van der Waals surface area contributed by atoms with Crippen molar-refractivity contribution >= 4 is 56.6 Å². The highest BCUT2D eigenvalue weighted by molar-refractivity contribution is 14.2. The first-order chi connectivity index (χ1) is 9.74. The first-order valence-corrected chi connectivity index (χ1v) is 9.59. The monoisotopic (exact) mass is 428 g/mol. The third kappa shape index (κ3) is 3.34. The molecular weight excluding hydrogens is 419 g/mol. The summed E-state index contributed by atoms with van der Waals surface area (Å²) < 4.78 is 39.8. The molecule has 0 saturated carbocycles. The molecule has 1 amide bonds. The number of hydrogen-bond acceptors (Lipinski definition) is 3. The van der Waals surface area contributed by atoms with Crippen molar-refractivity contribution in [1.29, 1.82) is 0 Å². The van der Waals surface area contributed by atoms with Crippen molar-refractivity contribution in [2.75, 3.05) is 5.32 Å². The zero-order valence-electron chi connectivity index (χ0n) is 10.6. The van der Waals surface area contributed by atoms with Crippen molar-refractivity contribution in [3.05, 3.63) is 24.5 Å². The average molecular weight is 428 g/mol. The number of fused-ring (bicyclic) bond motifs is 1. The van der Waals surface area contributed by atoms with Gasteiger partial charge in [0.2, 0.25) is 5.91 Å². The summed E-state index contributed by atoms with van der Waals surface area (Å²) in [5.41, 5.74) is -0.805. The van der Waals surface area contributed by atoms with Crippen LogP contribution in [-0.4, -0.2) is 26.6 Å². The van der Waals surface area contributed by atoms with E-state index in [2.05, 4.69) is 22.0 Å². The van der Waals surface area contributed by atoms with Gasteiger partial charge in [-0.05, 0) is 22.0 Å². The summed E-state index contributed by atoms with van der Waals surface area (Å²) in [6.07, 6.45) is -3.20. The lowest BCUT2D eigenvalue weighted by atomic mass is 10.1. The van der Waals surface area contributed by atoms with Crippen LogP contribution >= 0.6 is 28.4 Å². The molecule has 2 rings (SSSR count). The Kier molecular flexibility index (Phi) is 4.52. The molecule has 1 N–H and O–H groups in total. The van der Waals surface area contributed by atoms with Gasteiger partial charge in [-0.1, -0.05) is 6.58 Å². The molecular formula is C11H9F3IN4OP. The summed E-state index contributed by atoms with van der Waals surface area (Å²) in [4.78, 5) is 14.9. The molecule has 0 saturated heterocycles. The number of halogens is 4. The van der Waals surface area contributed by atoms with E-state index in [0.29, 0.717) is 5.52 Å². The van der Waals surface area contributed by atoms with Crippen LogP contribution in [0.25, 0.3) is 16.5 Å². The second kappa shape index (κ2) is 5.88. The second-order valence-corrected chi connectivity index (χ2v) is 6.13. The fourth-order valence-corrected chi connectivity index (χ4v) is 3.20. The van der Waals surface area contributed by atoms with E-state index in [-0.39, 0.29) is 29.2 Å². The quantitative estimate of drug-likeness (QED) is 0.599. The van der Waals surface area contributed by atoms with Gasteiger partial charge < -0.3 is 5.32 Å². The molecule has 0 radical (unpaired) electrons. The summed E-state index contributed by atoms with van der Waals surface area (Å²) in [7, 11) is 0. The van der Waals surface area contributed by atoms with Gasteiger partial charge >= 0.3 is 6.18 Å². The summed E-state index contributed by atoms with van der Waals surface area (Å²) in [5, 5.41) is 6.67. The lowest BCUT2D eigenvalue weighted by Crippen LogP contribution is -2.10. The zero-order chi connectivity index (χ0) is 15.8. The number of carbonyl (C=O) groups is 1. The second-order valence-electron chi connectivity index (χ2n) is 4.09. The maximum Gasteiger partial charge on any atom is 0.418 e. The highest BCUT2D eigenvalue weighted by atomic mass is 127. The normalized spacial score (nSPS) is 12.2. The van der Waals surface area contributed by atoms with Crippen molar-refractivity contribution in [3.63, 3.8) is 0 Å². The first kappa shape index (κ1) is 16.2. The molecule has 1 atom stereocenters. The summed E-state index contributed by atoms with van der Waals surface area (Å²) >= 11 is 2.01. The van der Waals surface area contributed by atoms with E-state index < -0.39 is 11.7 Å². The van der Waals surface area contributed by atoms with Crippen molar-refractivity contribution in [2.24, 2.45) is 0 Å². The standard InChI is InChI=1S/C11H9F3IN4OP/c1-5(11(12,13)14)10-7-4-16-9(17-6(2)20)3-8(7)19(18-10)21-15/h3-4,21H,1H2,2H3,(H,16,17,20). The molecule has 0 aliphatic rings. The summed E-state index contributed by atoms with van der Waals surface area (Å²) in [5.74, 6) is -0.0558. The Morgan fingerprint density at radius 2 is 2.19 bits per heavy atom. The van der Waals surface area contributed by atoms with Crippen molar-refractivity contribution in [2.45, 2.75) is 13.1 Å². The Labute approximate surface area is 132 Å². The maximum atomic E-state index is 12.8. The van der Waals surface area contributed by atoms with Crippen LogP contribution in [0.4, 0.5) is 19.0 Å². The number of carbonyl (C=O) groups excluding carboxylic acids is 1. The molecule has 2 heterocycles. The molecule has 0 aliphatic heterocycles. The number of allylic oxidation sites excluding steroid dienone is 1. The van der Waals surface area contributed by atoms with Gasteiger partial charge in [0.05, 0.1) is 17.5 Å². The molecule has 2 aromatic heterocycles. The number of nitrogens with zero attached hydrogens (tertiary/aromatic N) is 3. The number of pyridine rings is 1. The first-order valence-electron chi connectivity index (χ1n) is 5.53. The van der Waals surface area contributed by atoms with Gasteiger partial charge in [0.25, 0.3) is 0 Å². The number of amides is 1. The van der Waals surface area contributed by atoms with Crippen LogP contribution < -0.4 is 5.32 Å². The molecule has 0 bridgehead atoms. The molecule has 0 fully saturated rings. The lowest BCUT2D eigenvalue weighted by molar-refractivity contribution is -0.114. The Morgan fingerprint density at radius 1 is 1.52 bits per heavy atom. The summed E-state index contributed by atoms with van der Waals surface area (Å²) in [6, 6.07) is 1.49. The molecule has 21 heavy (non-hydrogen) atoms. The fourth-order valence-electron chi connectivity index (χ4n) is 1.68. The Bertz CT molecular complexity index is 728. The van der Waals surface area contributed by atoms with Gasteiger partial charge in [-0.3, -0.25) is 4.79 Å². The molecule has 5 nitrogen and oxygen atoms in total. The highest BCUT2D eigenvalue weighted by Crippen LogP contribution is 2.38. The van der Waals surface area contributed by atoms with Gasteiger partial charge in [-0.15, -0.1) is 0 Å². The van der Waals surface area contributed by atoms with Crippen LogP contribution in [0.15, 0.2) is 18.8 Å². The minimum absolute atomic E-state index is 0.0997. The third-order valence-corrected chi connectivity index (χ3v) is 4.45. The van der Waals surface area contributed by atoms with Crippen molar-refractivity contribution in [1.82, 2.24) is 14.5 Å². The Balaban J connectivity index is 2.60. The molecule has 0 aliphatic carbocycles. The van der Waals surface area contributed by atoms with Gasteiger partial charge in [0.15, 0.2) is 0 Å². The lowest BCUT2D eigenvalue weighted by Gasteiger charge is -2.07. The maximum absolute atomic E-state index is 12.8. The van der Waals surface area contributed by atoms with Crippen LogP contribution in [-0.2, 0) is 4.79 Å². The van der Waals surface area contributed by atoms with E-state index in [1.807, 2.05) is 22.0 Å². The number of hydrogen-bond donors (Lipinski definition) is 1. The minimum Gasteiger partial charge on any atom is -0.311 e. The Hall–Kier alpha value is -1.22. The molecule has 2 aromatic rings. The molecule has 112 valence electrons. The minimum atomic E-state index is -4.56. The van der Waals surface area contributed by atoms with E-state index in [0.717, 1.165) is 0 Å². The van der Waals surface area contributed by atoms with E-state index in [9.17, 15) is 18.0 Å². The zero-order valence-corrected chi connectivity index (χ0v) is 13.8. The van der Waals surface area contributed by atoms with Gasteiger partial charge in [-0.2, -0.15) is 18.3 Å². The summed E-state index contributed by atoms with van der Waals surface area (Å²) in [6.45, 7) is 4.39. The largest absolute Gasteiger partial charge is 0.418 e. The number of nitrogens with one attached hydrogen (secondary N) is 1. The third-order valence-electron chi connectivity index (χ3n) is 2.58. The number of anilines is 1. The van der Waals surface area contributed by atoms with Crippen LogP contribution in [0.3, 0.4) is 0 Å². The highest BCUT2D eigenvalue weighted by Gasteiger charge is 2.36. The van der Waals surface area contributed by atoms with Crippen LogP contribution in [0.2, 0.25) is 0 Å². The van der Waals surface area contributed by atoms with E-state index in [1.165, 1.54) is 23.6 Å². The van der Waals surface area contributed by atoms with Gasteiger partial charge in [-0.25, -0.2) is 9.44 Å². The van der Waals surface area contributed by atoms with Gasteiger partial charge in [0, 0.05) is 24.6 Å². The topological polar surface area (TPSA) is 59.8 Å². The van der Waals surface area contributed by atoms with Crippen LogP contribution in [0.1, 0.15) is 12.6 Å². The Morgan fingerprint density at radius 3 is 2.71 bits per heavy atom. The molecule has 1 unspecified atom stereocenters. The van der Waals surface area contributed by atoms with E-state index in [1.54, 1.807) is 0 Å². The predicted molar refractivity (Wildman–Crippen MR) is 84.7 cm³/mol.